The molecule has 0 aromatic heterocycles. The number of hydrogen-bond donors (Lipinski definition) is 0. The number of carbonyl (C=O) groups is 1. The molecule has 0 atom stereocenters. The van der Waals surface area contributed by atoms with Gasteiger partial charge in [-0.3, -0.25) is 0 Å². The minimum absolute atomic E-state index is 0.696. The SMILES string of the molecule is O=CCCSC1CCOCC1. The Bertz CT molecular complexity index is 111. The molecule has 1 fully saturated rings. The van der Waals surface area contributed by atoms with E-state index in [0.29, 0.717) is 6.42 Å². The van der Waals surface area contributed by atoms with Gasteiger partial charge in [0.25, 0.3) is 0 Å². The van der Waals surface area contributed by atoms with E-state index >= 15 is 0 Å². The maximum Gasteiger partial charge on any atom is 0.120 e. The molecule has 0 aromatic carbocycles. The highest BCUT2D eigenvalue weighted by Crippen LogP contribution is 2.21. The molecule has 0 saturated carbocycles. The Labute approximate surface area is 71.7 Å². The molecular weight excluding hydrogens is 160 g/mol. The minimum atomic E-state index is 0.696. The van der Waals surface area contributed by atoms with Gasteiger partial charge in [0.15, 0.2) is 0 Å². The fourth-order valence-corrected chi connectivity index (χ4v) is 2.22. The topological polar surface area (TPSA) is 26.3 Å². The number of ether oxygens (including phenoxy) is 1. The molecule has 1 rings (SSSR count). The summed E-state index contributed by atoms with van der Waals surface area (Å²) in [6.07, 6.45) is 4.00. The van der Waals surface area contributed by atoms with Crippen molar-refractivity contribution < 1.29 is 9.53 Å². The molecule has 0 bridgehead atoms. The maximum absolute atomic E-state index is 10.0. The van der Waals surface area contributed by atoms with E-state index in [1.807, 2.05) is 11.8 Å². The first-order valence-electron chi connectivity index (χ1n) is 4.06. The largest absolute Gasteiger partial charge is 0.381 e. The zero-order chi connectivity index (χ0) is 7.94. The Balaban J connectivity index is 2.00. The lowest BCUT2D eigenvalue weighted by molar-refractivity contribution is -0.107. The van der Waals surface area contributed by atoms with E-state index in [1.165, 1.54) is 0 Å². The predicted octanol–water partition coefficient (Wildman–Crippen LogP) is 1.49. The molecule has 0 spiro atoms. The third kappa shape index (κ3) is 3.77. The van der Waals surface area contributed by atoms with Crippen molar-refractivity contribution in [2.45, 2.75) is 24.5 Å². The van der Waals surface area contributed by atoms with Crippen LogP contribution in [0.4, 0.5) is 0 Å². The molecule has 1 saturated heterocycles. The molecule has 0 N–H and O–H groups in total. The smallest absolute Gasteiger partial charge is 0.120 e. The van der Waals surface area contributed by atoms with Crippen molar-refractivity contribution in [3.05, 3.63) is 0 Å². The fraction of sp³-hybridized carbons (Fsp3) is 0.875. The molecule has 0 unspecified atom stereocenters. The monoisotopic (exact) mass is 174 g/mol. The number of hydrogen-bond acceptors (Lipinski definition) is 3. The van der Waals surface area contributed by atoms with Crippen LogP contribution in [-0.4, -0.2) is 30.5 Å². The van der Waals surface area contributed by atoms with Crippen LogP contribution in [0, 0.1) is 0 Å². The van der Waals surface area contributed by atoms with Gasteiger partial charge in [-0.25, -0.2) is 0 Å². The molecule has 11 heavy (non-hydrogen) atoms. The van der Waals surface area contributed by atoms with Gasteiger partial charge >= 0.3 is 0 Å². The lowest BCUT2D eigenvalue weighted by Crippen LogP contribution is -2.17. The van der Waals surface area contributed by atoms with Crippen LogP contribution >= 0.6 is 11.8 Å². The normalized spacial score (nSPS) is 20.0. The molecule has 2 nitrogen and oxygen atoms in total. The van der Waals surface area contributed by atoms with Crippen LogP contribution in [-0.2, 0) is 9.53 Å². The highest BCUT2D eigenvalue weighted by atomic mass is 32.2. The van der Waals surface area contributed by atoms with E-state index in [4.69, 9.17) is 4.74 Å². The van der Waals surface area contributed by atoms with E-state index in [2.05, 4.69) is 0 Å². The van der Waals surface area contributed by atoms with Crippen LogP contribution in [0.1, 0.15) is 19.3 Å². The van der Waals surface area contributed by atoms with E-state index in [-0.39, 0.29) is 0 Å². The lowest BCUT2D eigenvalue weighted by atomic mass is 10.2. The van der Waals surface area contributed by atoms with Crippen molar-refractivity contribution >= 4 is 18.0 Å². The molecule has 1 heterocycles. The average Bonchev–Trinajstić information content (AvgIpc) is 2.07. The van der Waals surface area contributed by atoms with E-state index in [9.17, 15) is 4.79 Å². The van der Waals surface area contributed by atoms with Gasteiger partial charge in [0.05, 0.1) is 0 Å². The second-order valence-corrected chi connectivity index (χ2v) is 4.05. The Morgan fingerprint density at radius 2 is 2.18 bits per heavy atom. The molecule has 0 amide bonds. The quantitative estimate of drug-likeness (QED) is 0.477. The molecule has 1 aliphatic heterocycles. The van der Waals surface area contributed by atoms with Gasteiger partial charge in [0.1, 0.15) is 6.29 Å². The van der Waals surface area contributed by atoms with E-state index in [1.54, 1.807) is 0 Å². The first-order chi connectivity index (χ1) is 5.43. The maximum atomic E-state index is 10.0. The predicted molar refractivity (Wildman–Crippen MR) is 47.0 cm³/mol. The summed E-state index contributed by atoms with van der Waals surface area (Å²) in [5.74, 6) is 0.980. The molecule has 0 radical (unpaired) electrons. The zero-order valence-corrected chi connectivity index (χ0v) is 7.44. The third-order valence-corrected chi connectivity index (χ3v) is 3.17. The van der Waals surface area contributed by atoms with Crippen LogP contribution < -0.4 is 0 Å². The van der Waals surface area contributed by atoms with Gasteiger partial charge in [0.2, 0.25) is 0 Å². The number of rotatable bonds is 4. The van der Waals surface area contributed by atoms with Gasteiger partial charge in [-0.2, -0.15) is 11.8 Å². The third-order valence-electron chi connectivity index (χ3n) is 1.76. The summed E-state index contributed by atoms with van der Waals surface area (Å²) in [6, 6.07) is 0. The van der Waals surface area contributed by atoms with Crippen LogP contribution in [0.25, 0.3) is 0 Å². The molecule has 3 heteroatoms. The fourth-order valence-electron chi connectivity index (χ4n) is 1.13. The molecule has 0 aromatic rings. The van der Waals surface area contributed by atoms with Gasteiger partial charge in [-0.05, 0) is 12.8 Å². The van der Waals surface area contributed by atoms with Crippen molar-refractivity contribution in [3.8, 4) is 0 Å². The van der Waals surface area contributed by atoms with Crippen molar-refractivity contribution in [1.82, 2.24) is 0 Å². The first kappa shape index (κ1) is 9.07. The molecule has 64 valence electrons. The number of thioether (sulfide) groups is 1. The van der Waals surface area contributed by atoms with E-state index in [0.717, 1.165) is 43.3 Å². The van der Waals surface area contributed by atoms with Gasteiger partial charge in [-0.1, -0.05) is 0 Å². The van der Waals surface area contributed by atoms with Crippen molar-refractivity contribution in [2.24, 2.45) is 0 Å². The minimum Gasteiger partial charge on any atom is -0.381 e. The van der Waals surface area contributed by atoms with Crippen LogP contribution in [0.2, 0.25) is 0 Å². The van der Waals surface area contributed by atoms with E-state index < -0.39 is 0 Å². The van der Waals surface area contributed by atoms with Gasteiger partial charge in [0, 0.05) is 30.6 Å². The first-order valence-corrected chi connectivity index (χ1v) is 5.11. The van der Waals surface area contributed by atoms with Crippen LogP contribution in [0.3, 0.4) is 0 Å². The second-order valence-electron chi connectivity index (χ2n) is 2.64. The summed E-state index contributed by atoms with van der Waals surface area (Å²) in [4.78, 5) is 10.0. The average molecular weight is 174 g/mol. The van der Waals surface area contributed by atoms with Crippen molar-refractivity contribution in [2.75, 3.05) is 19.0 Å². The summed E-state index contributed by atoms with van der Waals surface area (Å²) < 4.78 is 5.22. The molecule has 1 aliphatic rings. The summed E-state index contributed by atoms with van der Waals surface area (Å²) in [5.41, 5.74) is 0. The standard InChI is InChI=1S/C8H14O2S/c9-4-1-7-11-8-2-5-10-6-3-8/h4,8H,1-3,5-7H2. The summed E-state index contributed by atoms with van der Waals surface area (Å²) in [6.45, 7) is 1.80. The van der Waals surface area contributed by atoms with Gasteiger partial charge < -0.3 is 9.53 Å². The second kappa shape index (κ2) is 5.61. The Kier molecular flexibility index (Phi) is 4.62. The van der Waals surface area contributed by atoms with Crippen molar-refractivity contribution in [3.63, 3.8) is 0 Å². The number of aldehydes is 1. The zero-order valence-electron chi connectivity index (χ0n) is 6.62. The Morgan fingerprint density at radius 3 is 2.82 bits per heavy atom. The highest BCUT2D eigenvalue weighted by Gasteiger charge is 2.12. The molecular formula is C8H14O2S. The van der Waals surface area contributed by atoms with Crippen molar-refractivity contribution in [1.29, 1.82) is 0 Å². The number of carbonyl (C=O) groups excluding carboxylic acids is 1. The van der Waals surface area contributed by atoms with Crippen LogP contribution in [0.15, 0.2) is 0 Å². The Hall–Kier alpha value is -0.0200. The Morgan fingerprint density at radius 1 is 1.45 bits per heavy atom. The summed E-state index contributed by atoms with van der Waals surface area (Å²) >= 11 is 1.91. The van der Waals surface area contributed by atoms with Crippen LogP contribution in [0.5, 0.6) is 0 Å². The highest BCUT2D eigenvalue weighted by molar-refractivity contribution is 7.99. The lowest BCUT2D eigenvalue weighted by Gasteiger charge is -2.20. The summed E-state index contributed by atoms with van der Waals surface area (Å²) in [5, 5.41) is 0.740. The summed E-state index contributed by atoms with van der Waals surface area (Å²) in [7, 11) is 0. The molecule has 0 aliphatic carbocycles. The van der Waals surface area contributed by atoms with Gasteiger partial charge in [-0.15, -0.1) is 0 Å².